The van der Waals surface area contributed by atoms with Gasteiger partial charge in [0.1, 0.15) is 0 Å². The van der Waals surface area contributed by atoms with Crippen LogP contribution >= 0.6 is 0 Å². The molecule has 0 aromatic heterocycles. The molecule has 114 valence electrons. The zero-order valence-corrected chi connectivity index (χ0v) is 12.8. The SMILES string of the molecule is CC(=O)c1cccc(NC(=O)C[NH+]2CCCCCCC2)c1. The van der Waals surface area contributed by atoms with Gasteiger partial charge in [0.15, 0.2) is 12.3 Å². The average Bonchev–Trinajstić information content (AvgIpc) is 2.42. The van der Waals surface area contributed by atoms with Crippen LogP contribution in [0.5, 0.6) is 0 Å². The Morgan fingerprint density at radius 1 is 1.10 bits per heavy atom. The van der Waals surface area contributed by atoms with Crippen LogP contribution in [-0.2, 0) is 4.79 Å². The highest BCUT2D eigenvalue weighted by molar-refractivity contribution is 5.97. The lowest BCUT2D eigenvalue weighted by molar-refractivity contribution is -0.892. The molecule has 1 fully saturated rings. The van der Waals surface area contributed by atoms with Crippen LogP contribution in [0.4, 0.5) is 5.69 Å². The molecule has 0 bridgehead atoms. The quantitative estimate of drug-likeness (QED) is 0.829. The third-order valence-corrected chi connectivity index (χ3v) is 4.02. The van der Waals surface area contributed by atoms with Crippen molar-refractivity contribution < 1.29 is 14.5 Å². The molecule has 1 aliphatic rings. The summed E-state index contributed by atoms with van der Waals surface area (Å²) in [4.78, 5) is 24.9. The van der Waals surface area contributed by atoms with E-state index in [2.05, 4.69) is 5.32 Å². The van der Waals surface area contributed by atoms with E-state index in [1.165, 1.54) is 43.9 Å². The molecule has 0 radical (unpaired) electrons. The summed E-state index contributed by atoms with van der Waals surface area (Å²) in [6.45, 7) is 4.22. The molecule has 0 saturated carbocycles. The molecule has 1 aliphatic heterocycles. The Hall–Kier alpha value is -1.68. The fourth-order valence-corrected chi connectivity index (χ4v) is 2.83. The van der Waals surface area contributed by atoms with E-state index in [0.717, 1.165) is 13.1 Å². The second-order valence-electron chi connectivity index (χ2n) is 5.88. The number of nitrogens with one attached hydrogen (secondary N) is 2. The van der Waals surface area contributed by atoms with Gasteiger partial charge in [0.25, 0.3) is 5.91 Å². The van der Waals surface area contributed by atoms with Crippen molar-refractivity contribution in [2.45, 2.75) is 39.0 Å². The second-order valence-corrected chi connectivity index (χ2v) is 5.88. The molecule has 1 amide bonds. The molecular weight excluding hydrogens is 264 g/mol. The maximum atomic E-state index is 12.1. The summed E-state index contributed by atoms with van der Waals surface area (Å²) in [5.41, 5.74) is 1.34. The number of hydrogen-bond acceptors (Lipinski definition) is 2. The van der Waals surface area contributed by atoms with E-state index in [0.29, 0.717) is 17.8 Å². The summed E-state index contributed by atoms with van der Waals surface area (Å²) in [7, 11) is 0. The summed E-state index contributed by atoms with van der Waals surface area (Å²) < 4.78 is 0. The van der Waals surface area contributed by atoms with Gasteiger partial charge in [-0.05, 0) is 44.7 Å². The first kappa shape index (κ1) is 15.7. The molecule has 0 spiro atoms. The fraction of sp³-hybridized carbons (Fsp3) is 0.529. The van der Waals surface area contributed by atoms with Crippen LogP contribution in [0, 0.1) is 0 Å². The third kappa shape index (κ3) is 5.31. The summed E-state index contributed by atoms with van der Waals surface area (Å²) in [5, 5.41) is 2.91. The predicted octanol–water partition coefficient (Wildman–Crippen LogP) is 1.68. The molecule has 4 heteroatoms. The van der Waals surface area contributed by atoms with Crippen LogP contribution in [-0.4, -0.2) is 31.3 Å². The zero-order chi connectivity index (χ0) is 15.1. The van der Waals surface area contributed by atoms with Gasteiger partial charge >= 0.3 is 0 Å². The molecule has 1 aromatic rings. The summed E-state index contributed by atoms with van der Waals surface area (Å²) >= 11 is 0. The van der Waals surface area contributed by atoms with Crippen molar-refractivity contribution >= 4 is 17.4 Å². The number of carbonyl (C=O) groups is 2. The molecule has 1 saturated heterocycles. The van der Waals surface area contributed by atoms with Crippen LogP contribution in [0.25, 0.3) is 0 Å². The summed E-state index contributed by atoms with van der Waals surface area (Å²) in [5.74, 6) is 0.0479. The molecule has 2 N–H and O–H groups in total. The Balaban J connectivity index is 1.88. The lowest BCUT2D eigenvalue weighted by Gasteiger charge is -2.21. The first-order valence-electron chi connectivity index (χ1n) is 7.89. The number of amides is 1. The Bertz CT molecular complexity index is 491. The molecule has 0 aliphatic carbocycles. The van der Waals surface area contributed by atoms with E-state index in [1.807, 2.05) is 6.07 Å². The number of rotatable bonds is 4. The lowest BCUT2D eigenvalue weighted by atomic mass is 10.1. The Labute approximate surface area is 126 Å². The van der Waals surface area contributed by atoms with E-state index in [4.69, 9.17) is 0 Å². The molecule has 2 rings (SSSR count). The van der Waals surface area contributed by atoms with Gasteiger partial charge < -0.3 is 10.2 Å². The van der Waals surface area contributed by atoms with Gasteiger partial charge in [-0.2, -0.15) is 0 Å². The van der Waals surface area contributed by atoms with Crippen molar-refractivity contribution in [2.75, 3.05) is 25.0 Å². The van der Waals surface area contributed by atoms with E-state index in [1.54, 1.807) is 18.2 Å². The number of likely N-dealkylation sites (tertiary alicyclic amines) is 1. The topological polar surface area (TPSA) is 50.6 Å². The van der Waals surface area contributed by atoms with Crippen LogP contribution in [0.1, 0.15) is 49.4 Å². The number of carbonyl (C=O) groups excluding carboxylic acids is 2. The highest BCUT2D eigenvalue weighted by Crippen LogP contribution is 2.10. The maximum absolute atomic E-state index is 12.1. The van der Waals surface area contributed by atoms with Gasteiger partial charge in [-0.15, -0.1) is 0 Å². The van der Waals surface area contributed by atoms with Gasteiger partial charge in [-0.1, -0.05) is 18.6 Å². The molecule has 1 aromatic carbocycles. The van der Waals surface area contributed by atoms with Crippen LogP contribution in [0.15, 0.2) is 24.3 Å². The average molecular weight is 289 g/mol. The molecule has 0 unspecified atom stereocenters. The number of Topliss-reactive ketones (excluding diaryl/α,β-unsaturated/α-hetero) is 1. The van der Waals surface area contributed by atoms with E-state index < -0.39 is 0 Å². The van der Waals surface area contributed by atoms with Crippen molar-refractivity contribution in [3.63, 3.8) is 0 Å². The Morgan fingerprint density at radius 3 is 2.43 bits per heavy atom. The number of quaternary nitrogens is 1. The maximum Gasteiger partial charge on any atom is 0.279 e. The van der Waals surface area contributed by atoms with Gasteiger partial charge in [0.05, 0.1) is 13.1 Å². The number of hydrogen-bond donors (Lipinski definition) is 2. The zero-order valence-electron chi connectivity index (χ0n) is 12.8. The minimum Gasteiger partial charge on any atom is -0.327 e. The second kappa shape index (κ2) is 7.93. The van der Waals surface area contributed by atoms with E-state index in [9.17, 15) is 9.59 Å². The van der Waals surface area contributed by atoms with E-state index in [-0.39, 0.29) is 11.7 Å². The van der Waals surface area contributed by atoms with Gasteiger partial charge in [0, 0.05) is 11.3 Å². The molecule has 4 nitrogen and oxygen atoms in total. The van der Waals surface area contributed by atoms with Crippen molar-refractivity contribution in [1.82, 2.24) is 0 Å². The van der Waals surface area contributed by atoms with Crippen molar-refractivity contribution in [2.24, 2.45) is 0 Å². The van der Waals surface area contributed by atoms with Gasteiger partial charge in [-0.25, -0.2) is 0 Å². The van der Waals surface area contributed by atoms with Crippen LogP contribution in [0.2, 0.25) is 0 Å². The van der Waals surface area contributed by atoms with Crippen LogP contribution in [0.3, 0.4) is 0 Å². The minimum absolute atomic E-state index is 0.0143. The highest BCUT2D eigenvalue weighted by atomic mass is 16.2. The highest BCUT2D eigenvalue weighted by Gasteiger charge is 2.15. The molecule has 0 atom stereocenters. The molecular formula is C17H25N2O2+. The summed E-state index contributed by atoms with van der Waals surface area (Å²) in [6, 6.07) is 7.13. The number of benzene rings is 1. The van der Waals surface area contributed by atoms with E-state index >= 15 is 0 Å². The first-order chi connectivity index (χ1) is 10.1. The fourth-order valence-electron chi connectivity index (χ4n) is 2.83. The van der Waals surface area contributed by atoms with Crippen molar-refractivity contribution in [3.8, 4) is 0 Å². The van der Waals surface area contributed by atoms with Crippen molar-refractivity contribution in [1.29, 1.82) is 0 Å². The normalized spacial score (nSPS) is 16.8. The smallest absolute Gasteiger partial charge is 0.279 e. The Kier molecular flexibility index (Phi) is 5.93. The summed E-state index contributed by atoms with van der Waals surface area (Å²) in [6.07, 6.45) is 6.32. The van der Waals surface area contributed by atoms with Crippen molar-refractivity contribution in [3.05, 3.63) is 29.8 Å². The number of ketones is 1. The predicted molar refractivity (Wildman–Crippen MR) is 83.7 cm³/mol. The Morgan fingerprint density at radius 2 is 1.76 bits per heavy atom. The third-order valence-electron chi connectivity index (χ3n) is 4.02. The first-order valence-corrected chi connectivity index (χ1v) is 7.89. The van der Waals surface area contributed by atoms with Gasteiger partial charge in [-0.3, -0.25) is 9.59 Å². The lowest BCUT2D eigenvalue weighted by Crippen LogP contribution is -3.13. The largest absolute Gasteiger partial charge is 0.327 e. The standard InChI is InChI=1S/C17H24N2O2/c1-14(20)15-8-7-9-16(12-15)18-17(21)13-19-10-5-3-2-4-6-11-19/h7-9,12H,2-6,10-11,13H2,1H3,(H,18,21)/p+1. The number of anilines is 1. The minimum atomic E-state index is 0.0143. The molecule has 1 heterocycles. The monoisotopic (exact) mass is 289 g/mol. The van der Waals surface area contributed by atoms with Gasteiger partial charge in [0.2, 0.25) is 0 Å². The molecule has 21 heavy (non-hydrogen) atoms. The van der Waals surface area contributed by atoms with Crippen LogP contribution < -0.4 is 10.2 Å².